The van der Waals surface area contributed by atoms with Crippen molar-refractivity contribution in [3.8, 4) is 0 Å². The number of hydrogen-bond donors (Lipinski definition) is 0. The summed E-state index contributed by atoms with van der Waals surface area (Å²) in [4.78, 5) is -0.157. The summed E-state index contributed by atoms with van der Waals surface area (Å²) in [7, 11) is -4.38. The quantitative estimate of drug-likeness (QED) is 0.581. The van der Waals surface area contributed by atoms with Gasteiger partial charge in [-0.05, 0) is 36.1 Å². The number of hydrogen-bond acceptors (Lipinski definition) is 4. The summed E-state index contributed by atoms with van der Waals surface area (Å²) in [6, 6.07) is 11.5. The average molecular weight is 390 g/mol. The molecule has 0 bridgehead atoms. The fraction of sp³-hybridized carbons (Fsp3) is 0.476. The highest BCUT2D eigenvalue weighted by atomic mass is 32.2. The molecule has 0 saturated carbocycles. The molecule has 27 heavy (non-hydrogen) atoms. The highest BCUT2D eigenvalue weighted by molar-refractivity contribution is 7.86. The molecule has 0 amide bonds. The van der Waals surface area contributed by atoms with Gasteiger partial charge in [-0.2, -0.15) is 4.58 Å². The van der Waals surface area contributed by atoms with Gasteiger partial charge in [0.1, 0.15) is 16.7 Å². The Morgan fingerprint density at radius 3 is 2.52 bits per heavy atom. The van der Waals surface area contributed by atoms with Crippen LogP contribution >= 0.6 is 0 Å². The fourth-order valence-corrected chi connectivity index (χ4v) is 4.38. The van der Waals surface area contributed by atoms with Gasteiger partial charge in [-0.3, -0.25) is 0 Å². The number of fused-ring (bicyclic) bond motifs is 1. The second kappa shape index (κ2) is 7.98. The summed E-state index contributed by atoms with van der Waals surface area (Å²) >= 11 is 0. The van der Waals surface area contributed by atoms with E-state index in [-0.39, 0.29) is 4.90 Å². The molecule has 0 radical (unpaired) electrons. The Hall–Kier alpha value is -1.92. The summed E-state index contributed by atoms with van der Waals surface area (Å²) in [5.41, 5.74) is 0. The Labute approximate surface area is 161 Å². The van der Waals surface area contributed by atoms with Crippen LogP contribution in [0, 0.1) is 11.8 Å². The third-order valence-corrected chi connectivity index (χ3v) is 6.13. The molecule has 0 aromatic heterocycles. The number of rotatable bonds is 2. The molecule has 2 aliphatic heterocycles. The van der Waals surface area contributed by atoms with Crippen molar-refractivity contribution in [3.05, 3.63) is 42.5 Å². The maximum atomic E-state index is 10.9. The lowest BCUT2D eigenvalue weighted by Crippen LogP contribution is -2.28. The Morgan fingerprint density at radius 1 is 1.15 bits per heavy atom. The van der Waals surface area contributed by atoms with E-state index in [0.717, 1.165) is 11.9 Å². The minimum absolute atomic E-state index is 0.157. The molecule has 2 aromatic rings. The Bertz CT molecular complexity index is 944. The number of ether oxygens (including phenoxy) is 1. The van der Waals surface area contributed by atoms with Crippen molar-refractivity contribution in [2.45, 2.75) is 44.6 Å². The van der Waals surface area contributed by atoms with E-state index < -0.39 is 10.1 Å². The highest BCUT2D eigenvalue weighted by Crippen LogP contribution is 2.24. The molecule has 2 atom stereocenters. The van der Waals surface area contributed by atoms with Crippen LogP contribution in [0.1, 0.15) is 33.6 Å². The molecule has 0 aliphatic carbocycles. The van der Waals surface area contributed by atoms with E-state index >= 15 is 0 Å². The van der Waals surface area contributed by atoms with Crippen LogP contribution < -0.4 is 0 Å². The molecule has 146 valence electrons. The van der Waals surface area contributed by atoms with Gasteiger partial charge in [-0.25, -0.2) is 8.42 Å². The van der Waals surface area contributed by atoms with Crippen molar-refractivity contribution in [2.75, 3.05) is 13.1 Å². The van der Waals surface area contributed by atoms with Crippen LogP contribution in [0.5, 0.6) is 0 Å². The number of benzene rings is 2. The molecule has 6 heteroatoms. The van der Waals surface area contributed by atoms with Crippen molar-refractivity contribution < 1.29 is 22.3 Å². The lowest BCUT2D eigenvalue weighted by Gasteiger charge is -2.14. The van der Waals surface area contributed by atoms with Gasteiger partial charge in [0.05, 0.1) is 10.8 Å². The van der Waals surface area contributed by atoms with E-state index in [1.807, 2.05) is 0 Å². The molecule has 2 aromatic carbocycles. The number of nitrogens with zero attached hydrogens (tertiary/aromatic N) is 1. The highest BCUT2D eigenvalue weighted by Gasteiger charge is 2.39. The predicted molar refractivity (Wildman–Crippen MR) is 105 cm³/mol. The van der Waals surface area contributed by atoms with Crippen molar-refractivity contribution in [1.29, 1.82) is 0 Å². The van der Waals surface area contributed by atoms with E-state index in [1.165, 1.54) is 31.4 Å². The van der Waals surface area contributed by atoms with E-state index in [1.54, 1.807) is 36.4 Å². The maximum absolute atomic E-state index is 10.9. The summed E-state index contributed by atoms with van der Waals surface area (Å²) in [6.07, 6.45) is 3.07. The molecule has 0 saturated heterocycles. The van der Waals surface area contributed by atoms with Crippen molar-refractivity contribution in [2.24, 2.45) is 11.8 Å². The second-order valence-corrected chi connectivity index (χ2v) is 9.01. The first-order chi connectivity index (χ1) is 12.8. The van der Waals surface area contributed by atoms with Crippen molar-refractivity contribution in [1.82, 2.24) is 0 Å². The van der Waals surface area contributed by atoms with Gasteiger partial charge in [-0.15, -0.1) is 0 Å². The largest absolute Gasteiger partial charge is 0.744 e. The Morgan fingerprint density at radius 2 is 1.85 bits per heavy atom. The monoisotopic (exact) mass is 389 g/mol. The van der Waals surface area contributed by atoms with Crippen LogP contribution in [0.2, 0.25) is 0 Å². The lowest BCUT2D eigenvalue weighted by atomic mass is 10.0. The predicted octanol–water partition coefficient (Wildman–Crippen LogP) is 3.63. The molecule has 2 heterocycles. The molecular formula is C21H27NO4S. The molecule has 2 aliphatic rings. The van der Waals surface area contributed by atoms with Gasteiger partial charge >= 0.3 is 5.90 Å². The Kier molecular flexibility index (Phi) is 5.86. The summed E-state index contributed by atoms with van der Waals surface area (Å²) in [5, 5.41) is 1.23. The lowest BCUT2D eigenvalue weighted by molar-refractivity contribution is -0.529. The van der Waals surface area contributed by atoms with Crippen LogP contribution in [-0.4, -0.2) is 42.6 Å². The molecule has 0 fully saturated rings. The average Bonchev–Trinajstić information content (AvgIpc) is 3.07. The van der Waals surface area contributed by atoms with Crippen LogP contribution in [-0.2, 0) is 14.9 Å². The van der Waals surface area contributed by atoms with Gasteiger partial charge in [0.25, 0.3) is 0 Å². The third-order valence-electron chi connectivity index (χ3n) is 5.23. The summed E-state index contributed by atoms with van der Waals surface area (Å²) in [6.45, 7) is 9.10. The molecule has 0 N–H and O–H groups in total. The first kappa shape index (κ1) is 19.8. The third kappa shape index (κ3) is 4.50. The van der Waals surface area contributed by atoms with E-state index in [2.05, 4.69) is 25.3 Å². The van der Waals surface area contributed by atoms with Crippen LogP contribution in [0.15, 0.2) is 47.4 Å². The Balaban J connectivity index is 0.000000156. The molecular weight excluding hydrogens is 362 g/mol. The van der Waals surface area contributed by atoms with Gasteiger partial charge in [0, 0.05) is 6.42 Å². The summed E-state index contributed by atoms with van der Waals surface area (Å²) in [5.74, 6) is 2.56. The minimum Gasteiger partial charge on any atom is -0.744 e. The van der Waals surface area contributed by atoms with E-state index in [4.69, 9.17) is 4.74 Å². The topological polar surface area (TPSA) is 69.4 Å². The smallest absolute Gasteiger partial charge is 0.339 e. The SMILES string of the molecule is CC1CCC[N+]2=C1OC(C(C)C)C2.O=S(=O)([O-])c1cccc2ccccc12. The second-order valence-electron chi connectivity index (χ2n) is 7.66. The zero-order chi connectivity index (χ0) is 19.6. The van der Waals surface area contributed by atoms with E-state index in [0.29, 0.717) is 23.3 Å². The van der Waals surface area contributed by atoms with Crippen molar-refractivity contribution >= 4 is 26.8 Å². The maximum Gasteiger partial charge on any atom is 0.339 e. The normalized spacial score (nSPS) is 22.3. The van der Waals surface area contributed by atoms with E-state index in [9.17, 15) is 13.0 Å². The van der Waals surface area contributed by atoms with Crippen LogP contribution in [0.3, 0.4) is 0 Å². The van der Waals surface area contributed by atoms with Crippen LogP contribution in [0.25, 0.3) is 10.8 Å². The molecule has 2 unspecified atom stereocenters. The van der Waals surface area contributed by atoms with Gasteiger partial charge in [0.2, 0.25) is 0 Å². The first-order valence-electron chi connectivity index (χ1n) is 9.49. The van der Waals surface area contributed by atoms with Crippen LogP contribution in [0.4, 0.5) is 0 Å². The van der Waals surface area contributed by atoms with Gasteiger partial charge in [0.15, 0.2) is 12.6 Å². The van der Waals surface area contributed by atoms with Gasteiger partial charge in [-0.1, -0.05) is 50.2 Å². The zero-order valence-electron chi connectivity index (χ0n) is 16.1. The fourth-order valence-electron chi connectivity index (χ4n) is 3.68. The van der Waals surface area contributed by atoms with Crippen molar-refractivity contribution in [3.63, 3.8) is 0 Å². The zero-order valence-corrected chi connectivity index (χ0v) is 16.9. The van der Waals surface area contributed by atoms with Gasteiger partial charge < -0.3 is 9.29 Å². The molecule has 4 rings (SSSR count). The standard InChI is InChI=1S/C11H20NO.C10H8O3S/c1-8(2)10-7-12-6-4-5-9(3)11(12)13-10;11-14(12,13)10-7-3-5-8-4-1-2-6-9(8)10/h8-10H,4-7H2,1-3H3;1-7H,(H,11,12,13)/q+1;/p-1. The molecule has 0 spiro atoms. The molecule has 5 nitrogen and oxygen atoms in total. The summed E-state index contributed by atoms with van der Waals surface area (Å²) < 4.78 is 41.1. The minimum atomic E-state index is -4.38. The first-order valence-corrected chi connectivity index (χ1v) is 10.9.